The number of imide groups is 1. The molecule has 1 fully saturated rings. The molecule has 1 aromatic rings. The summed E-state index contributed by atoms with van der Waals surface area (Å²) >= 11 is 0. The largest absolute Gasteiger partial charge is 0.453 e. The van der Waals surface area contributed by atoms with E-state index < -0.39 is 36.0 Å². The SMILES string of the molecule is Cc1ccc(NC(=O)[C@@H](C)OC(=O)CC[C@@H]2NC(=O)NC2=O)cc1. The third-order valence-corrected chi connectivity index (χ3v) is 3.49. The zero-order valence-corrected chi connectivity index (χ0v) is 13.4. The van der Waals surface area contributed by atoms with Crippen molar-refractivity contribution in [1.82, 2.24) is 10.6 Å². The number of anilines is 1. The lowest BCUT2D eigenvalue weighted by Crippen LogP contribution is -2.32. The van der Waals surface area contributed by atoms with Crippen LogP contribution in [-0.4, -0.2) is 36.0 Å². The predicted molar refractivity (Wildman–Crippen MR) is 85.1 cm³/mol. The minimum atomic E-state index is -0.967. The van der Waals surface area contributed by atoms with Gasteiger partial charge in [0.25, 0.3) is 11.8 Å². The van der Waals surface area contributed by atoms with Gasteiger partial charge in [0.15, 0.2) is 6.10 Å². The summed E-state index contributed by atoms with van der Waals surface area (Å²) in [7, 11) is 0. The molecule has 1 aromatic carbocycles. The van der Waals surface area contributed by atoms with Crippen molar-refractivity contribution in [3.05, 3.63) is 29.8 Å². The van der Waals surface area contributed by atoms with E-state index in [0.29, 0.717) is 5.69 Å². The van der Waals surface area contributed by atoms with Crippen LogP contribution in [0.1, 0.15) is 25.3 Å². The smallest absolute Gasteiger partial charge is 0.322 e. The average molecular weight is 333 g/mol. The highest BCUT2D eigenvalue weighted by atomic mass is 16.5. The van der Waals surface area contributed by atoms with Crippen LogP contribution in [0.4, 0.5) is 10.5 Å². The minimum absolute atomic E-state index is 0.0828. The summed E-state index contributed by atoms with van der Waals surface area (Å²) in [6.07, 6.45) is -0.936. The van der Waals surface area contributed by atoms with E-state index in [4.69, 9.17) is 4.74 Å². The van der Waals surface area contributed by atoms with Crippen LogP contribution in [-0.2, 0) is 19.1 Å². The van der Waals surface area contributed by atoms with E-state index in [9.17, 15) is 19.2 Å². The molecule has 0 spiro atoms. The fraction of sp³-hybridized carbons (Fsp3) is 0.375. The van der Waals surface area contributed by atoms with Crippen molar-refractivity contribution < 1.29 is 23.9 Å². The molecule has 0 bridgehead atoms. The van der Waals surface area contributed by atoms with Gasteiger partial charge >= 0.3 is 12.0 Å². The number of esters is 1. The van der Waals surface area contributed by atoms with Crippen LogP contribution < -0.4 is 16.0 Å². The summed E-state index contributed by atoms with van der Waals surface area (Å²) in [5.74, 6) is -1.53. The highest BCUT2D eigenvalue weighted by Gasteiger charge is 2.30. The van der Waals surface area contributed by atoms with Crippen molar-refractivity contribution in [1.29, 1.82) is 0 Å². The Hall–Kier alpha value is -2.90. The Kier molecular flexibility index (Phi) is 5.51. The maximum absolute atomic E-state index is 12.0. The first-order valence-electron chi connectivity index (χ1n) is 7.53. The van der Waals surface area contributed by atoms with Gasteiger partial charge in [-0.25, -0.2) is 4.79 Å². The Morgan fingerprint density at radius 1 is 1.25 bits per heavy atom. The molecule has 1 aliphatic heterocycles. The summed E-state index contributed by atoms with van der Waals surface area (Å²) in [4.78, 5) is 46.0. The van der Waals surface area contributed by atoms with Gasteiger partial charge in [-0.3, -0.25) is 19.7 Å². The first-order chi connectivity index (χ1) is 11.3. The van der Waals surface area contributed by atoms with Crippen molar-refractivity contribution in [2.24, 2.45) is 0 Å². The monoisotopic (exact) mass is 333 g/mol. The number of hydrogen-bond acceptors (Lipinski definition) is 5. The number of rotatable bonds is 6. The second-order valence-electron chi connectivity index (χ2n) is 5.54. The Morgan fingerprint density at radius 2 is 1.92 bits per heavy atom. The van der Waals surface area contributed by atoms with E-state index in [-0.39, 0.29) is 12.8 Å². The molecule has 0 unspecified atom stereocenters. The molecule has 3 N–H and O–H groups in total. The van der Waals surface area contributed by atoms with Crippen molar-refractivity contribution in [2.75, 3.05) is 5.32 Å². The lowest BCUT2D eigenvalue weighted by Gasteiger charge is -2.14. The number of amides is 4. The molecule has 8 heteroatoms. The molecule has 8 nitrogen and oxygen atoms in total. The van der Waals surface area contributed by atoms with Gasteiger partial charge in [-0.05, 0) is 32.4 Å². The average Bonchev–Trinajstić information content (AvgIpc) is 2.85. The molecule has 1 saturated heterocycles. The molecule has 1 aliphatic rings. The van der Waals surface area contributed by atoms with Gasteiger partial charge in [-0.1, -0.05) is 17.7 Å². The lowest BCUT2D eigenvalue weighted by molar-refractivity contribution is -0.153. The molecule has 0 saturated carbocycles. The van der Waals surface area contributed by atoms with E-state index >= 15 is 0 Å². The molecular formula is C16H19N3O5. The Morgan fingerprint density at radius 3 is 2.50 bits per heavy atom. The van der Waals surface area contributed by atoms with Gasteiger partial charge in [0, 0.05) is 12.1 Å². The topological polar surface area (TPSA) is 114 Å². The van der Waals surface area contributed by atoms with Gasteiger partial charge in [0.2, 0.25) is 0 Å². The van der Waals surface area contributed by atoms with Crippen molar-refractivity contribution in [2.45, 2.75) is 38.8 Å². The highest BCUT2D eigenvalue weighted by Crippen LogP contribution is 2.10. The Bertz CT molecular complexity index is 656. The third kappa shape index (κ3) is 4.80. The van der Waals surface area contributed by atoms with Crippen molar-refractivity contribution >= 4 is 29.5 Å². The molecule has 24 heavy (non-hydrogen) atoms. The molecule has 128 valence electrons. The normalized spacial score (nSPS) is 17.7. The van der Waals surface area contributed by atoms with E-state index in [0.717, 1.165) is 5.56 Å². The van der Waals surface area contributed by atoms with E-state index in [2.05, 4.69) is 16.0 Å². The summed E-state index contributed by atoms with van der Waals surface area (Å²) in [6.45, 7) is 3.40. The van der Waals surface area contributed by atoms with Crippen molar-refractivity contribution in [3.8, 4) is 0 Å². The van der Waals surface area contributed by atoms with Gasteiger partial charge < -0.3 is 15.4 Å². The summed E-state index contributed by atoms with van der Waals surface area (Å²) < 4.78 is 5.03. The van der Waals surface area contributed by atoms with Gasteiger partial charge in [0.05, 0.1) is 0 Å². The zero-order valence-electron chi connectivity index (χ0n) is 13.4. The maximum atomic E-state index is 12.0. The maximum Gasteiger partial charge on any atom is 0.322 e. The van der Waals surface area contributed by atoms with Crippen LogP contribution in [0.3, 0.4) is 0 Å². The molecule has 2 rings (SSSR count). The van der Waals surface area contributed by atoms with Crippen LogP contribution in [0, 0.1) is 6.92 Å². The van der Waals surface area contributed by atoms with E-state index in [1.807, 2.05) is 19.1 Å². The quantitative estimate of drug-likeness (QED) is 0.528. The molecule has 4 amide bonds. The number of urea groups is 1. The number of aryl methyl sites for hydroxylation is 1. The van der Waals surface area contributed by atoms with Gasteiger partial charge in [0.1, 0.15) is 6.04 Å². The lowest BCUT2D eigenvalue weighted by atomic mass is 10.1. The van der Waals surface area contributed by atoms with Crippen LogP contribution >= 0.6 is 0 Å². The number of ether oxygens (including phenoxy) is 1. The summed E-state index contributed by atoms with van der Waals surface area (Å²) in [5, 5.41) is 7.11. The first-order valence-corrected chi connectivity index (χ1v) is 7.53. The van der Waals surface area contributed by atoms with Crippen LogP contribution in [0.2, 0.25) is 0 Å². The van der Waals surface area contributed by atoms with E-state index in [1.54, 1.807) is 12.1 Å². The van der Waals surface area contributed by atoms with Crippen molar-refractivity contribution in [3.63, 3.8) is 0 Å². The van der Waals surface area contributed by atoms with Crippen LogP contribution in [0.15, 0.2) is 24.3 Å². The number of nitrogens with one attached hydrogen (secondary N) is 3. The van der Waals surface area contributed by atoms with Crippen LogP contribution in [0.5, 0.6) is 0 Å². The fourth-order valence-corrected chi connectivity index (χ4v) is 2.11. The predicted octanol–water partition coefficient (Wildman–Crippen LogP) is 0.853. The Balaban J connectivity index is 1.76. The summed E-state index contributed by atoms with van der Waals surface area (Å²) in [5.41, 5.74) is 1.68. The zero-order chi connectivity index (χ0) is 17.7. The molecular weight excluding hydrogens is 314 g/mol. The molecule has 2 atom stereocenters. The highest BCUT2D eigenvalue weighted by molar-refractivity contribution is 6.04. The number of benzene rings is 1. The molecule has 1 heterocycles. The molecule has 0 aromatic heterocycles. The fourth-order valence-electron chi connectivity index (χ4n) is 2.11. The third-order valence-electron chi connectivity index (χ3n) is 3.49. The van der Waals surface area contributed by atoms with Crippen LogP contribution in [0.25, 0.3) is 0 Å². The number of hydrogen-bond donors (Lipinski definition) is 3. The standard InChI is InChI=1S/C16H19N3O5/c1-9-3-5-11(6-4-9)17-14(21)10(2)24-13(20)8-7-12-15(22)19-16(23)18-12/h3-6,10,12H,7-8H2,1-2H3,(H,17,21)(H2,18,19,22,23)/t10-,12+/m1/s1. The number of carbonyl (C=O) groups excluding carboxylic acids is 4. The first kappa shape index (κ1) is 17.5. The van der Waals surface area contributed by atoms with Gasteiger partial charge in [-0.2, -0.15) is 0 Å². The second-order valence-corrected chi connectivity index (χ2v) is 5.54. The number of carbonyl (C=O) groups is 4. The summed E-state index contributed by atoms with van der Waals surface area (Å²) in [6, 6.07) is 5.89. The van der Waals surface area contributed by atoms with Gasteiger partial charge in [-0.15, -0.1) is 0 Å². The molecule has 0 radical (unpaired) electrons. The molecule has 0 aliphatic carbocycles. The Labute approximate surface area is 138 Å². The minimum Gasteiger partial charge on any atom is -0.453 e. The second kappa shape index (κ2) is 7.58. The van der Waals surface area contributed by atoms with E-state index in [1.165, 1.54) is 6.92 Å².